The van der Waals surface area contributed by atoms with Crippen molar-refractivity contribution < 1.29 is 17.1 Å². The van der Waals surface area contributed by atoms with Crippen molar-refractivity contribution in [3.05, 3.63) is 0 Å². The summed E-state index contributed by atoms with van der Waals surface area (Å²) in [7, 11) is 0. The number of nitrogens with two attached hydrogens (primary N) is 2. The fraction of sp³-hybridized carbons (Fsp3) is 1.00. The quantitative estimate of drug-likeness (QED) is 0.345. The summed E-state index contributed by atoms with van der Waals surface area (Å²) < 4.78 is 0. The summed E-state index contributed by atoms with van der Waals surface area (Å²) in [5, 5.41) is 3.03. The van der Waals surface area contributed by atoms with Crippen LogP contribution in [0.2, 0.25) is 0 Å². The monoisotopic (exact) mass is 159 g/mol. The van der Waals surface area contributed by atoms with Gasteiger partial charge in [0.1, 0.15) is 0 Å². The molecule has 5 N–H and O–H groups in total. The Morgan fingerprint density at radius 2 is 1.38 bits per heavy atom. The molecule has 0 unspecified atom stereocenters. The van der Waals surface area contributed by atoms with Gasteiger partial charge in [-0.25, -0.2) is 0 Å². The summed E-state index contributed by atoms with van der Waals surface area (Å²) in [5.74, 6) is 0. The van der Waals surface area contributed by atoms with Gasteiger partial charge in [0.05, 0.1) is 0 Å². The van der Waals surface area contributed by atoms with Gasteiger partial charge in [0.25, 0.3) is 0 Å². The first-order valence-corrected chi connectivity index (χ1v) is 2.52. The molecule has 8 heavy (non-hydrogen) atoms. The van der Waals surface area contributed by atoms with Gasteiger partial charge < -0.3 is 16.8 Å². The Bertz CT molecular complexity index is 30.5. The van der Waals surface area contributed by atoms with E-state index in [1.165, 1.54) is 0 Å². The van der Waals surface area contributed by atoms with Crippen molar-refractivity contribution in [3.63, 3.8) is 0 Å². The topological polar surface area (TPSA) is 64.1 Å². The molecule has 0 spiro atoms. The molecular formula is C4H13FeN3. The zero-order valence-electron chi connectivity index (χ0n) is 4.84. The molecule has 0 aliphatic carbocycles. The second-order valence-electron chi connectivity index (χ2n) is 1.33. The molecule has 0 bridgehead atoms. The second kappa shape index (κ2) is 10.4. The molecule has 4 heteroatoms. The standard InChI is InChI=1S/C4H13N3.Fe/c5-1-3-7-4-2-6;/h7H,1-6H2;. The van der Waals surface area contributed by atoms with Crippen LogP contribution in [0.4, 0.5) is 0 Å². The molecule has 3 nitrogen and oxygen atoms in total. The van der Waals surface area contributed by atoms with Gasteiger partial charge in [-0.15, -0.1) is 0 Å². The average Bonchev–Trinajstić information content (AvgIpc) is 1.69. The predicted molar refractivity (Wildman–Crippen MR) is 31.0 cm³/mol. The van der Waals surface area contributed by atoms with E-state index < -0.39 is 0 Å². The minimum absolute atomic E-state index is 0. The van der Waals surface area contributed by atoms with Gasteiger partial charge >= 0.3 is 0 Å². The maximum absolute atomic E-state index is 5.17. The van der Waals surface area contributed by atoms with E-state index in [4.69, 9.17) is 11.5 Å². The van der Waals surface area contributed by atoms with Crippen LogP contribution in [0.3, 0.4) is 0 Å². The van der Waals surface area contributed by atoms with Crippen molar-refractivity contribution in [2.75, 3.05) is 26.2 Å². The van der Waals surface area contributed by atoms with E-state index in [9.17, 15) is 0 Å². The Balaban J connectivity index is 0. The summed E-state index contributed by atoms with van der Waals surface area (Å²) in [6.45, 7) is 3.13. The van der Waals surface area contributed by atoms with Gasteiger partial charge in [0.2, 0.25) is 0 Å². The summed E-state index contributed by atoms with van der Waals surface area (Å²) in [4.78, 5) is 0. The van der Waals surface area contributed by atoms with Crippen LogP contribution < -0.4 is 16.8 Å². The van der Waals surface area contributed by atoms with Gasteiger partial charge in [0.15, 0.2) is 0 Å². The van der Waals surface area contributed by atoms with E-state index in [0.717, 1.165) is 13.1 Å². The van der Waals surface area contributed by atoms with Crippen molar-refractivity contribution in [1.82, 2.24) is 5.32 Å². The molecule has 0 aromatic heterocycles. The Kier molecular flexibility index (Phi) is 14.6. The fourth-order valence-corrected chi connectivity index (χ4v) is 0.329. The number of nitrogens with one attached hydrogen (secondary N) is 1. The van der Waals surface area contributed by atoms with Crippen LogP contribution in [-0.4, -0.2) is 26.2 Å². The third-order valence-electron chi connectivity index (χ3n) is 0.642. The van der Waals surface area contributed by atoms with Crippen molar-refractivity contribution >= 4 is 0 Å². The number of hydrogen-bond acceptors (Lipinski definition) is 3. The Labute approximate surface area is 60.7 Å². The molecule has 0 aromatic rings. The molecular weight excluding hydrogens is 146 g/mol. The third kappa shape index (κ3) is 9.64. The molecule has 0 aromatic carbocycles. The van der Waals surface area contributed by atoms with Crippen LogP contribution in [-0.2, 0) is 17.1 Å². The van der Waals surface area contributed by atoms with Gasteiger partial charge in [-0.3, -0.25) is 0 Å². The largest absolute Gasteiger partial charge is 0.329 e. The Morgan fingerprint density at radius 1 is 1.00 bits per heavy atom. The van der Waals surface area contributed by atoms with Crippen LogP contribution in [0.15, 0.2) is 0 Å². The molecule has 0 radical (unpaired) electrons. The summed E-state index contributed by atoms with van der Waals surface area (Å²) in [6, 6.07) is 0. The van der Waals surface area contributed by atoms with E-state index >= 15 is 0 Å². The zero-order valence-corrected chi connectivity index (χ0v) is 5.94. The van der Waals surface area contributed by atoms with Crippen LogP contribution in [0.1, 0.15) is 0 Å². The molecule has 0 heterocycles. The van der Waals surface area contributed by atoms with Gasteiger partial charge in [-0.05, 0) is 0 Å². The Morgan fingerprint density at radius 3 is 1.62 bits per heavy atom. The maximum atomic E-state index is 5.17. The minimum Gasteiger partial charge on any atom is -0.329 e. The Hall–Kier alpha value is 0.399. The van der Waals surface area contributed by atoms with Crippen LogP contribution in [0.25, 0.3) is 0 Å². The van der Waals surface area contributed by atoms with Crippen LogP contribution in [0.5, 0.6) is 0 Å². The van der Waals surface area contributed by atoms with Gasteiger partial charge in [-0.1, -0.05) is 0 Å². The maximum Gasteiger partial charge on any atom is 0.00750 e. The predicted octanol–water partition coefficient (Wildman–Crippen LogP) is -1.51. The van der Waals surface area contributed by atoms with Crippen LogP contribution >= 0.6 is 0 Å². The molecule has 0 amide bonds. The zero-order chi connectivity index (χ0) is 5.54. The van der Waals surface area contributed by atoms with Gasteiger partial charge in [0, 0.05) is 43.2 Å². The molecule has 0 saturated carbocycles. The molecule has 0 rings (SSSR count). The van der Waals surface area contributed by atoms with Crippen molar-refractivity contribution in [2.45, 2.75) is 0 Å². The van der Waals surface area contributed by atoms with Gasteiger partial charge in [-0.2, -0.15) is 0 Å². The van der Waals surface area contributed by atoms with E-state index in [1.54, 1.807) is 0 Å². The third-order valence-corrected chi connectivity index (χ3v) is 0.642. The smallest absolute Gasteiger partial charge is 0.00750 e. The van der Waals surface area contributed by atoms with Crippen molar-refractivity contribution in [3.8, 4) is 0 Å². The van der Waals surface area contributed by atoms with E-state index in [2.05, 4.69) is 5.32 Å². The molecule has 0 atom stereocenters. The summed E-state index contributed by atoms with van der Waals surface area (Å²) >= 11 is 0. The van der Waals surface area contributed by atoms with Crippen LogP contribution in [0, 0.1) is 0 Å². The molecule has 52 valence electrons. The SMILES string of the molecule is NCCNCCN.[Fe]. The van der Waals surface area contributed by atoms with E-state index in [1.807, 2.05) is 0 Å². The van der Waals surface area contributed by atoms with E-state index in [-0.39, 0.29) is 17.1 Å². The number of rotatable bonds is 4. The average molecular weight is 159 g/mol. The second-order valence-corrected chi connectivity index (χ2v) is 1.33. The first-order chi connectivity index (χ1) is 3.41. The molecule has 0 aliphatic rings. The summed E-state index contributed by atoms with van der Waals surface area (Å²) in [6.07, 6.45) is 0. The van der Waals surface area contributed by atoms with Crippen molar-refractivity contribution in [2.24, 2.45) is 11.5 Å². The molecule has 0 saturated heterocycles. The minimum atomic E-state index is 0. The normalized spacial score (nSPS) is 8.25. The van der Waals surface area contributed by atoms with E-state index in [0.29, 0.717) is 13.1 Å². The first kappa shape index (κ1) is 11.2. The number of hydrogen-bond donors (Lipinski definition) is 3. The first-order valence-electron chi connectivity index (χ1n) is 2.52. The molecule has 0 aliphatic heterocycles. The molecule has 0 fully saturated rings. The fourth-order valence-electron chi connectivity index (χ4n) is 0.329. The summed E-state index contributed by atoms with van der Waals surface area (Å²) in [5.41, 5.74) is 10.3. The van der Waals surface area contributed by atoms with Crippen molar-refractivity contribution in [1.29, 1.82) is 0 Å².